The summed E-state index contributed by atoms with van der Waals surface area (Å²) in [6.07, 6.45) is 2.41. The molecule has 0 amide bonds. The minimum absolute atomic E-state index is 0.301. The molecule has 1 unspecified atom stereocenters. The number of rotatable bonds is 4. The van der Waals surface area contributed by atoms with Crippen molar-refractivity contribution in [2.24, 2.45) is 0 Å². The lowest BCUT2D eigenvalue weighted by Crippen LogP contribution is -2.41. The van der Waals surface area contributed by atoms with Gasteiger partial charge in [0.2, 0.25) is 0 Å². The van der Waals surface area contributed by atoms with Crippen molar-refractivity contribution >= 4 is 27.5 Å². The van der Waals surface area contributed by atoms with Gasteiger partial charge in [-0.05, 0) is 55.0 Å². The van der Waals surface area contributed by atoms with Crippen LogP contribution in [0.1, 0.15) is 42.9 Å². The first-order valence-corrected chi connectivity index (χ1v) is 8.56. The predicted octanol–water partition coefficient (Wildman–Crippen LogP) is 5.70. The Labute approximate surface area is 139 Å². The molecule has 1 atom stereocenters. The molecule has 0 spiro atoms. The van der Waals surface area contributed by atoms with Crippen LogP contribution >= 0.6 is 27.5 Å². The molecule has 21 heavy (non-hydrogen) atoms. The lowest BCUT2D eigenvalue weighted by molar-refractivity contribution is 0.271. The van der Waals surface area contributed by atoms with Gasteiger partial charge in [-0.2, -0.15) is 0 Å². The van der Waals surface area contributed by atoms with E-state index < -0.39 is 0 Å². The molecule has 2 aromatic carbocycles. The summed E-state index contributed by atoms with van der Waals surface area (Å²) in [7, 11) is 0. The molecule has 2 aromatic rings. The smallest absolute Gasteiger partial charge is 0.0453 e. The lowest BCUT2D eigenvalue weighted by Gasteiger charge is -2.38. The third kappa shape index (κ3) is 3.50. The SMILES string of the molecule is CC(NC1CC(c2ccc(Br)cc2)C1)c1ccccc1Cl. The summed E-state index contributed by atoms with van der Waals surface area (Å²) in [5.74, 6) is 0.689. The van der Waals surface area contributed by atoms with Crippen molar-refractivity contribution in [1.29, 1.82) is 0 Å². The molecule has 1 nitrogen and oxygen atoms in total. The average Bonchev–Trinajstić information content (AvgIpc) is 2.44. The van der Waals surface area contributed by atoms with Crippen molar-refractivity contribution < 1.29 is 0 Å². The molecule has 1 aliphatic rings. The Bertz CT molecular complexity index is 605. The number of hydrogen-bond donors (Lipinski definition) is 1. The highest BCUT2D eigenvalue weighted by Crippen LogP contribution is 2.38. The van der Waals surface area contributed by atoms with Crippen LogP contribution in [0.2, 0.25) is 5.02 Å². The summed E-state index contributed by atoms with van der Waals surface area (Å²) in [5, 5.41) is 4.54. The van der Waals surface area contributed by atoms with Crippen LogP contribution in [0, 0.1) is 0 Å². The highest BCUT2D eigenvalue weighted by molar-refractivity contribution is 9.10. The molecule has 110 valence electrons. The molecule has 0 heterocycles. The van der Waals surface area contributed by atoms with Crippen LogP contribution in [0.4, 0.5) is 0 Å². The number of nitrogens with one attached hydrogen (secondary N) is 1. The van der Waals surface area contributed by atoms with Crippen molar-refractivity contribution in [1.82, 2.24) is 5.32 Å². The Morgan fingerprint density at radius 3 is 2.43 bits per heavy atom. The van der Waals surface area contributed by atoms with E-state index in [0.717, 1.165) is 9.50 Å². The largest absolute Gasteiger partial charge is 0.307 e. The lowest BCUT2D eigenvalue weighted by atomic mass is 9.75. The molecular weight excluding hydrogens is 346 g/mol. The topological polar surface area (TPSA) is 12.0 Å². The maximum atomic E-state index is 6.26. The van der Waals surface area contributed by atoms with Gasteiger partial charge >= 0.3 is 0 Å². The van der Waals surface area contributed by atoms with E-state index in [2.05, 4.69) is 58.5 Å². The van der Waals surface area contributed by atoms with E-state index in [9.17, 15) is 0 Å². The van der Waals surface area contributed by atoms with E-state index in [1.54, 1.807) is 0 Å². The van der Waals surface area contributed by atoms with Gasteiger partial charge in [0.25, 0.3) is 0 Å². The second kappa shape index (κ2) is 6.51. The zero-order valence-corrected chi connectivity index (χ0v) is 14.4. The van der Waals surface area contributed by atoms with Gasteiger partial charge in [0, 0.05) is 21.6 Å². The van der Waals surface area contributed by atoms with Crippen LogP contribution < -0.4 is 5.32 Å². The number of benzene rings is 2. The van der Waals surface area contributed by atoms with Crippen LogP contribution in [-0.2, 0) is 0 Å². The molecule has 0 saturated heterocycles. The van der Waals surface area contributed by atoms with Crippen molar-refractivity contribution in [2.45, 2.75) is 37.8 Å². The highest BCUT2D eigenvalue weighted by atomic mass is 79.9. The van der Waals surface area contributed by atoms with E-state index in [0.29, 0.717) is 18.0 Å². The van der Waals surface area contributed by atoms with Gasteiger partial charge < -0.3 is 5.32 Å². The average molecular weight is 365 g/mol. The van der Waals surface area contributed by atoms with Gasteiger partial charge in [-0.1, -0.05) is 57.9 Å². The van der Waals surface area contributed by atoms with Crippen LogP contribution in [0.15, 0.2) is 53.0 Å². The van der Waals surface area contributed by atoms with Gasteiger partial charge in [-0.15, -0.1) is 0 Å². The van der Waals surface area contributed by atoms with Gasteiger partial charge in [0.05, 0.1) is 0 Å². The number of halogens is 2. The zero-order chi connectivity index (χ0) is 14.8. The first kappa shape index (κ1) is 15.1. The van der Waals surface area contributed by atoms with Crippen molar-refractivity contribution in [3.63, 3.8) is 0 Å². The minimum atomic E-state index is 0.301. The van der Waals surface area contributed by atoms with Crippen molar-refractivity contribution in [3.05, 3.63) is 69.2 Å². The van der Waals surface area contributed by atoms with Gasteiger partial charge in [-0.3, -0.25) is 0 Å². The summed E-state index contributed by atoms with van der Waals surface area (Å²) in [6, 6.07) is 17.7. The highest BCUT2D eigenvalue weighted by Gasteiger charge is 2.31. The maximum absolute atomic E-state index is 6.26. The van der Waals surface area contributed by atoms with E-state index in [-0.39, 0.29) is 0 Å². The van der Waals surface area contributed by atoms with Crippen molar-refractivity contribution in [3.8, 4) is 0 Å². The Kier molecular flexibility index (Phi) is 4.68. The third-order valence-corrected chi connectivity index (χ3v) is 5.21. The fourth-order valence-corrected chi connectivity index (χ4v) is 3.59. The summed E-state index contributed by atoms with van der Waals surface area (Å²) in [4.78, 5) is 0. The standard InChI is InChI=1S/C18H19BrClN/c1-12(17-4-2-3-5-18(17)20)21-16-10-14(11-16)13-6-8-15(19)9-7-13/h2-9,12,14,16,21H,10-11H2,1H3. The third-order valence-electron chi connectivity index (χ3n) is 4.34. The molecule has 3 heteroatoms. The Hall–Kier alpha value is -0.830. The van der Waals surface area contributed by atoms with Crippen LogP contribution in [0.25, 0.3) is 0 Å². The Morgan fingerprint density at radius 2 is 1.76 bits per heavy atom. The Balaban J connectivity index is 1.55. The fourth-order valence-electron chi connectivity index (χ4n) is 3.03. The van der Waals surface area contributed by atoms with Gasteiger partial charge in [0.15, 0.2) is 0 Å². The minimum Gasteiger partial charge on any atom is -0.307 e. The van der Waals surface area contributed by atoms with Crippen LogP contribution in [0.5, 0.6) is 0 Å². The zero-order valence-electron chi connectivity index (χ0n) is 12.0. The Morgan fingerprint density at radius 1 is 1.10 bits per heavy atom. The monoisotopic (exact) mass is 363 g/mol. The van der Waals surface area contributed by atoms with Gasteiger partial charge in [0.1, 0.15) is 0 Å². The molecule has 3 rings (SSSR count). The molecule has 0 aromatic heterocycles. The molecule has 1 saturated carbocycles. The predicted molar refractivity (Wildman–Crippen MR) is 92.9 cm³/mol. The molecule has 0 aliphatic heterocycles. The summed E-state index contributed by atoms with van der Waals surface area (Å²) in [6.45, 7) is 2.19. The summed E-state index contributed by atoms with van der Waals surface area (Å²) >= 11 is 9.75. The van der Waals surface area contributed by atoms with E-state index in [4.69, 9.17) is 11.6 Å². The second-order valence-electron chi connectivity index (χ2n) is 5.83. The molecule has 0 radical (unpaired) electrons. The second-order valence-corrected chi connectivity index (χ2v) is 7.15. The van der Waals surface area contributed by atoms with Crippen LogP contribution in [-0.4, -0.2) is 6.04 Å². The number of hydrogen-bond acceptors (Lipinski definition) is 1. The molecule has 1 N–H and O–H groups in total. The summed E-state index contributed by atoms with van der Waals surface area (Å²) < 4.78 is 1.15. The first-order valence-electron chi connectivity index (χ1n) is 7.39. The molecule has 0 bridgehead atoms. The quantitative estimate of drug-likeness (QED) is 0.734. The molecule has 1 aliphatic carbocycles. The molecular formula is C18H19BrClN. The van der Waals surface area contributed by atoms with Crippen LogP contribution in [0.3, 0.4) is 0 Å². The van der Waals surface area contributed by atoms with E-state index >= 15 is 0 Å². The summed E-state index contributed by atoms with van der Waals surface area (Å²) in [5.41, 5.74) is 2.63. The van der Waals surface area contributed by atoms with Crippen molar-refractivity contribution in [2.75, 3.05) is 0 Å². The molecule has 1 fully saturated rings. The first-order chi connectivity index (χ1) is 10.1. The normalized spacial score (nSPS) is 22.6. The van der Waals surface area contributed by atoms with E-state index in [1.165, 1.54) is 24.0 Å². The van der Waals surface area contributed by atoms with Gasteiger partial charge in [-0.25, -0.2) is 0 Å². The van der Waals surface area contributed by atoms with E-state index in [1.807, 2.05) is 18.2 Å². The maximum Gasteiger partial charge on any atom is 0.0453 e. The fraction of sp³-hybridized carbons (Fsp3) is 0.333.